The second kappa shape index (κ2) is 7.09. The van der Waals surface area contributed by atoms with E-state index in [4.69, 9.17) is 21.1 Å². The summed E-state index contributed by atoms with van der Waals surface area (Å²) in [5.41, 5.74) is 2.68. The number of aromatic nitrogens is 2. The van der Waals surface area contributed by atoms with Crippen LogP contribution in [0, 0.1) is 6.92 Å². The summed E-state index contributed by atoms with van der Waals surface area (Å²) in [6, 6.07) is 13.2. The Bertz CT molecular complexity index is 949. The lowest BCUT2D eigenvalue weighted by Gasteiger charge is -2.19. The number of fused-ring (bicyclic) bond motifs is 1. The highest BCUT2D eigenvalue weighted by molar-refractivity contribution is 6.31. The SMILES string of the molecule is Cc1c(Cl)cccc1Nc1nccc(Nc2ccc3c(c2)OCCO3)n1. The summed E-state index contributed by atoms with van der Waals surface area (Å²) in [5, 5.41) is 7.15. The third kappa shape index (κ3) is 3.50. The van der Waals surface area contributed by atoms with Crippen LogP contribution >= 0.6 is 11.6 Å². The van der Waals surface area contributed by atoms with E-state index in [2.05, 4.69) is 20.6 Å². The summed E-state index contributed by atoms with van der Waals surface area (Å²) < 4.78 is 11.1. The summed E-state index contributed by atoms with van der Waals surface area (Å²) in [6.45, 7) is 3.07. The van der Waals surface area contributed by atoms with Crippen molar-refractivity contribution in [2.24, 2.45) is 0 Å². The molecule has 0 spiro atoms. The van der Waals surface area contributed by atoms with Crippen LogP contribution in [0.3, 0.4) is 0 Å². The van der Waals surface area contributed by atoms with Gasteiger partial charge in [0.15, 0.2) is 11.5 Å². The van der Waals surface area contributed by atoms with E-state index in [9.17, 15) is 0 Å². The van der Waals surface area contributed by atoms with Crippen LogP contribution in [0.4, 0.5) is 23.1 Å². The van der Waals surface area contributed by atoms with Gasteiger partial charge in [0.2, 0.25) is 5.95 Å². The maximum absolute atomic E-state index is 6.16. The molecule has 2 aromatic carbocycles. The standard InChI is InChI=1S/C19H17ClN4O2/c1-12-14(20)3-2-4-15(12)23-19-21-8-7-18(24-19)22-13-5-6-16-17(11-13)26-10-9-25-16/h2-8,11H,9-10H2,1H3,(H2,21,22,23,24). The van der Waals surface area contributed by atoms with E-state index in [1.807, 2.05) is 43.3 Å². The van der Waals surface area contributed by atoms with E-state index in [1.165, 1.54) is 0 Å². The van der Waals surface area contributed by atoms with Crippen LogP contribution in [-0.2, 0) is 0 Å². The fourth-order valence-electron chi connectivity index (χ4n) is 2.62. The Labute approximate surface area is 156 Å². The molecule has 6 nitrogen and oxygen atoms in total. The second-order valence-electron chi connectivity index (χ2n) is 5.79. The summed E-state index contributed by atoms with van der Waals surface area (Å²) in [4.78, 5) is 8.77. The van der Waals surface area contributed by atoms with Crippen molar-refractivity contribution in [3.8, 4) is 11.5 Å². The molecule has 0 radical (unpaired) electrons. The van der Waals surface area contributed by atoms with Crippen LogP contribution in [0.2, 0.25) is 5.02 Å². The first-order chi connectivity index (χ1) is 12.7. The molecule has 3 aromatic rings. The lowest BCUT2D eigenvalue weighted by Crippen LogP contribution is -2.15. The maximum Gasteiger partial charge on any atom is 0.229 e. The molecule has 0 bridgehead atoms. The molecule has 0 saturated carbocycles. The summed E-state index contributed by atoms with van der Waals surface area (Å²) >= 11 is 6.16. The molecule has 0 atom stereocenters. The monoisotopic (exact) mass is 368 g/mol. The molecule has 1 aliphatic rings. The molecule has 132 valence electrons. The number of rotatable bonds is 4. The number of ether oxygens (including phenoxy) is 2. The van der Waals surface area contributed by atoms with Crippen LogP contribution in [0.15, 0.2) is 48.7 Å². The summed E-state index contributed by atoms with van der Waals surface area (Å²) in [5.74, 6) is 2.63. The Morgan fingerprint density at radius 2 is 1.85 bits per heavy atom. The number of nitrogens with zero attached hydrogens (tertiary/aromatic N) is 2. The van der Waals surface area contributed by atoms with Gasteiger partial charge in [-0.2, -0.15) is 4.98 Å². The lowest BCUT2D eigenvalue weighted by atomic mass is 10.2. The highest BCUT2D eigenvalue weighted by atomic mass is 35.5. The molecule has 2 N–H and O–H groups in total. The first kappa shape index (κ1) is 16.5. The Balaban J connectivity index is 1.53. The molecule has 7 heteroatoms. The Morgan fingerprint density at radius 3 is 2.73 bits per heavy atom. The summed E-state index contributed by atoms with van der Waals surface area (Å²) in [6.07, 6.45) is 1.69. The van der Waals surface area contributed by atoms with Gasteiger partial charge in [0, 0.05) is 28.7 Å². The molecular weight excluding hydrogens is 352 g/mol. The van der Waals surface area contributed by atoms with E-state index in [-0.39, 0.29) is 0 Å². The Hall–Kier alpha value is -2.99. The van der Waals surface area contributed by atoms with Gasteiger partial charge in [0.25, 0.3) is 0 Å². The molecule has 1 aromatic heterocycles. The molecule has 0 unspecified atom stereocenters. The predicted molar refractivity (Wildman–Crippen MR) is 102 cm³/mol. The van der Waals surface area contributed by atoms with Gasteiger partial charge in [-0.05, 0) is 42.8 Å². The zero-order valence-corrected chi connectivity index (χ0v) is 14.9. The van der Waals surface area contributed by atoms with Gasteiger partial charge in [-0.15, -0.1) is 0 Å². The molecule has 2 heterocycles. The van der Waals surface area contributed by atoms with Gasteiger partial charge in [0.05, 0.1) is 0 Å². The van der Waals surface area contributed by atoms with Crippen molar-refractivity contribution in [1.82, 2.24) is 9.97 Å². The van der Waals surface area contributed by atoms with Crippen LogP contribution in [0.25, 0.3) is 0 Å². The normalized spacial score (nSPS) is 12.5. The van der Waals surface area contributed by atoms with Crippen molar-refractivity contribution in [2.45, 2.75) is 6.92 Å². The van der Waals surface area contributed by atoms with Gasteiger partial charge in [0.1, 0.15) is 19.0 Å². The molecule has 0 fully saturated rings. The average molecular weight is 369 g/mol. The zero-order valence-electron chi connectivity index (χ0n) is 14.1. The van der Waals surface area contributed by atoms with Gasteiger partial charge >= 0.3 is 0 Å². The van der Waals surface area contributed by atoms with Crippen LogP contribution in [0.5, 0.6) is 11.5 Å². The van der Waals surface area contributed by atoms with E-state index >= 15 is 0 Å². The first-order valence-electron chi connectivity index (χ1n) is 8.21. The molecule has 0 amide bonds. The molecule has 4 rings (SSSR count). The van der Waals surface area contributed by atoms with Crippen molar-refractivity contribution in [3.05, 3.63) is 59.2 Å². The molecule has 0 aliphatic carbocycles. The quantitative estimate of drug-likeness (QED) is 0.695. The molecule has 1 aliphatic heterocycles. The van der Waals surface area contributed by atoms with E-state index in [0.717, 1.165) is 28.4 Å². The third-order valence-corrected chi connectivity index (χ3v) is 4.39. The number of benzene rings is 2. The smallest absolute Gasteiger partial charge is 0.229 e. The zero-order chi connectivity index (χ0) is 17.9. The van der Waals surface area contributed by atoms with Gasteiger partial charge < -0.3 is 20.1 Å². The maximum atomic E-state index is 6.16. The average Bonchev–Trinajstić information content (AvgIpc) is 2.66. The molecule has 0 saturated heterocycles. The minimum absolute atomic E-state index is 0.484. The van der Waals surface area contributed by atoms with Crippen LogP contribution < -0.4 is 20.1 Å². The van der Waals surface area contributed by atoms with E-state index < -0.39 is 0 Å². The minimum atomic E-state index is 0.484. The fourth-order valence-corrected chi connectivity index (χ4v) is 2.80. The topological polar surface area (TPSA) is 68.3 Å². The first-order valence-corrected chi connectivity index (χ1v) is 8.59. The molecule has 26 heavy (non-hydrogen) atoms. The predicted octanol–water partition coefficient (Wildman–Crippen LogP) is 4.70. The van der Waals surface area contributed by atoms with Crippen molar-refractivity contribution < 1.29 is 9.47 Å². The van der Waals surface area contributed by atoms with Crippen molar-refractivity contribution in [1.29, 1.82) is 0 Å². The van der Waals surface area contributed by atoms with Gasteiger partial charge in [-0.3, -0.25) is 0 Å². The van der Waals surface area contributed by atoms with E-state index in [0.29, 0.717) is 30.0 Å². The number of halogens is 1. The number of nitrogens with one attached hydrogen (secondary N) is 2. The summed E-state index contributed by atoms with van der Waals surface area (Å²) in [7, 11) is 0. The van der Waals surface area contributed by atoms with E-state index in [1.54, 1.807) is 12.3 Å². The Morgan fingerprint density at radius 1 is 1.00 bits per heavy atom. The highest BCUT2D eigenvalue weighted by Crippen LogP contribution is 2.33. The number of hydrogen-bond acceptors (Lipinski definition) is 6. The Kier molecular flexibility index (Phi) is 4.50. The number of hydrogen-bond donors (Lipinski definition) is 2. The molecular formula is C19H17ClN4O2. The second-order valence-corrected chi connectivity index (χ2v) is 6.19. The largest absolute Gasteiger partial charge is 0.486 e. The van der Waals surface area contributed by atoms with Crippen LogP contribution in [-0.4, -0.2) is 23.2 Å². The van der Waals surface area contributed by atoms with Crippen molar-refractivity contribution in [3.63, 3.8) is 0 Å². The van der Waals surface area contributed by atoms with Gasteiger partial charge in [-0.1, -0.05) is 17.7 Å². The van der Waals surface area contributed by atoms with Gasteiger partial charge in [-0.25, -0.2) is 4.98 Å². The van der Waals surface area contributed by atoms with Crippen molar-refractivity contribution in [2.75, 3.05) is 23.8 Å². The fraction of sp³-hybridized carbons (Fsp3) is 0.158. The van der Waals surface area contributed by atoms with Crippen molar-refractivity contribution >= 4 is 34.7 Å². The number of anilines is 4. The minimum Gasteiger partial charge on any atom is -0.486 e. The lowest BCUT2D eigenvalue weighted by molar-refractivity contribution is 0.171. The van der Waals surface area contributed by atoms with Crippen LogP contribution in [0.1, 0.15) is 5.56 Å². The third-order valence-electron chi connectivity index (χ3n) is 3.98. The highest BCUT2D eigenvalue weighted by Gasteiger charge is 2.12.